The number of hydrogen-bond donors (Lipinski definition) is 1. The zero-order valence-corrected chi connectivity index (χ0v) is 11.5. The first-order valence-corrected chi connectivity index (χ1v) is 7.72. The van der Waals surface area contributed by atoms with E-state index in [0.717, 1.165) is 5.01 Å². The quantitative estimate of drug-likeness (QED) is 0.874. The van der Waals surface area contributed by atoms with Gasteiger partial charge in [-0.1, -0.05) is 0 Å². The number of aliphatic hydroxyl groups is 1. The Balaban J connectivity index is 2.18. The van der Waals surface area contributed by atoms with Crippen LogP contribution in [0.4, 0.5) is 0 Å². The molecule has 0 bridgehead atoms. The molecular formula is C10H16N2O3S2. The lowest BCUT2D eigenvalue weighted by molar-refractivity contribution is 0.0126. The number of nitrogens with zero attached hydrogens (tertiary/aromatic N) is 2. The largest absolute Gasteiger partial charge is 0.390 e. The van der Waals surface area contributed by atoms with E-state index in [9.17, 15) is 13.5 Å². The van der Waals surface area contributed by atoms with Gasteiger partial charge in [0.15, 0.2) is 4.21 Å². The van der Waals surface area contributed by atoms with E-state index < -0.39 is 15.6 Å². The van der Waals surface area contributed by atoms with Crippen molar-refractivity contribution >= 4 is 21.4 Å². The van der Waals surface area contributed by atoms with Crippen LogP contribution >= 0.6 is 11.3 Å². The third kappa shape index (κ3) is 2.67. The molecule has 0 saturated carbocycles. The Kier molecular flexibility index (Phi) is 3.28. The summed E-state index contributed by atoms with van der Waals surface area (Å²) in [5.74, 6) is 0. The molecule has 0 atom stereocenters. The van der Waals surface area contributed by atoms with Crippen LogP contribution in [0.1, 0.15) is 24.8 Å². The zero-order valence-electron chi connectivity index (χ0n) is 9.88. The van der Waals surface area contributed by atoms with E-state index in [1.165, 1.54) is 21.8 Å². The minimum absolute atomic E-state index is 0.288. The summed E-state index contributed by atoms with van der Waals surface area (Å²) in [7, 11) is -3.41. The predicted octanol–water partition coefficient (Wildman–Crippen LogP) is 0.987. The molecule has 0 spiro atoms. The van der Waals surface area contributed by atoms with Crippen molar-refractivity contribution in [3.8, 4) is 0 Å². The topological polar surface area (TPSA) is 70.5 Å². The number of aromatic nitrogens is 1. The van der Waals surface area contributed by atoms with Gasteiger partial charge >= 0.3 is 0 Å². The van der Waals surface area contributed by atoms with Crippen LogP contribution in [0, 0.1) is 6.92 Å². The lowest BCUT2D eigenvalue weighted by Gasteiger charge is -2.34. The van der Waals surface area contributed by atoms with Crippen LogP contribution in [0.5, 0.6) is 0 Å². The fraction of sp³-hybridized carbons (Fsp3) is 0.700. The highest BCUT2D eigenvalue weighted by molar-refractivity contribution is 7.91. The molecule has 96 valence electrons. The number of sulfonamides is 1. The second-order valence-corrected chi connectivity index (χ2v) is 8.00. The summed E-state index contributed by atoms with van der Waals surface area (Å²) in [4.78, 5) is 3.97. The average Bonchev–Trinajstić information content (AvgIpc) is 2.65. The van der Waals surface area contributed by atoms with E-state index in [2.05, 4.69) is 4.98 Å². The lowest BCUT2D eigenvalue weighted by atomic mass is 9.95. The molecule has 1 fully saturated rings. The molecule has 1 aliphatic heterocycles. The second kappa shape index (κ2) is 4.31. The van der Waals surface area contributed by atoms with E-state index >= 15 is 0 Å². The number of rotatable bonds is 2. The Morgan fingerprint density at radius 2 is 2.06 bits per heavy atom. The molecule has 1 N–H and O–H groups in total. The molecule has 0 unspecified atom stereocenters. The van der Waals surface area contributed by atoms with Crippen LogP contribution in [0.2, 0.25) is 0 Å². The Morgan fingerprint density at radius 3 is 2.53 bits per heavy atom. The van der Waals surface area contributed by atoms with Crippen LogP contribution < -0.4 is 0 Å². The van der Waals surface area contributed by atoms with Gasteiger partial charge in [0.1, 0.15) is 0 Å². The molecular weight excluding hydrogens is 260 g/mol. The summed E-state index contributed by atoms with van der Waals surface area (Å²) in [6.07, 6.45) is 2.36. The highest BCUT2D eigenvalue weighted by Gasteiger charge is 2.34. The minimum Gasteiger partial charge on any atom is -0.390 e. The first kappa shape index (κ1) is 12.9. The molecule has 5 nitrogen and oxygen atoms in total. The molecule has 7 heteroatoms. The van der Waals surface area contributed by atoms with Gasteiger partial charge in [-0.15, -0.1) is 11.3 Å². The molecule has 1 aromatic heterocycles. The van der Waals surface area contributed by atoms with Gasteiger partial charge in [0.2, 0.25) is 0 Å². The van der Waals surface area contributed by atoms with Gasteiger partial charge < -0.3 is 5.11 Å². The number of hydrogen-bond acceptors (Lipinski definition) is 5. The van der Waals surface area contributed by atoms with Gasteiger partial charge in [0, 0.05) is 13.1 Å². The zero-order chi connectivity index (χ0) is 12.7. The van der Waals surface area contributed by atoms with Crippen LogP contribution in [0.25, 0.3) is 0 Å². The molecule has 2 rings (SSSR count). The fourth-order valence-electron chi connectivity index (χ4n) is 1.80. The molecule has 0 aromatic carbocycles. The van der Waals surface area contributed by atoms with Crippen molar-refractivity contribution in [2.45, 2.75) is 36.5 Å². The van der Waals surface area contributed by atoms with Gasteiger partial charge in [-0.25, -0.2) is 13.4 Å². The van der Waals surface area contributed by atoms with Crippen molar-refractivity contribution in [2.75, 3.05) is 13.1 Å². The van der Waals surface area contributed by atoms with E-state index in [0.29, 0.717) is 25.9 Å². The molecule has 0 radical (unpaired) electrons. The molecule has 1 aliphatic rings. The molecule has 0 aliphatic carbocycles. The smallest absolute Gasteiger partial charge is 0.254 e. The highest BCUT2D eigenvalue weighted by atomic mass is 32.2. The van der Waals surface area contributed by atoms with Gasteiger partial charge in [-0.2, -0.15) is 4.31 Å². The summed E-state index contributed by atoms with van der Waals surface area (Å²) in [6.45, 7) is 4.26. The highest BCUT2D eigenvalue weighted by Crippen LogP contribution is 2.28. The standard InChI is InChI=1S/C10H16N2O3S2/c1-8-11-7-9(16-8)17(14,15)12-5-3-10(2,13)4-6-12/h7,13H,3-6H2,1-2H3. The van der Waals surface area contributed by atoms with Crippen molar-refractivity contribution in [3.63, 3.8) is 0 Å². The monoisotopic (exact) mass is 276 g/mol. The first-order chi connectivity index (χ1) is 7.81. The molecule has 1 saturated heterocycles. The number of aryl methyl sites for hydroxylation is 1. The van der Waals surface area contributed by atoms with E-state index in [1.807, 2.05) is 0 Å². The van der Waals surface area contributed by atoms with Crippen molar-refractivity contribution in [3.05, 3.63) is 11.2 Å². The third-order valence-electron chi connectivity index (χ3n) is 2.99. The summed E-state index contributed by atoms with van der Waals surface area (Å²) in [5.41, 5.74) is -0.740. The summed E-state index contributed by atoms with van der Waals surface area (Å²) in [5, 5.41) is 10.5. The van der Waals surface area contributed by atoms with Gasteiger partial charge in [-0.3, -0.25) is 0 Å². The van der Waals surface area contributed by atoms with Crippen LogP contribution in [-0.4, -0.2) is 41.5 Å². The predicted molar refractivity (Wildman–Crippen MR) is 65.5 cm³/mol. The van der Waals surface area contributed by atoms with E-state index in [1.54, 1.807) is 13.8 Å². The minimum atomic E-state index is -3.41. The lowest BCUT2D eigenvalue weighted by Crippen LogP contribution is -2.44. The SMILES string of the molecule is Cc1ncc(S(=O)(=O)N2CCC(C)(O)CC2)s1. The van der Waals surface area contributed by atoms with Crippen molar-refractivity contribution in [1.82, 2.24) is 9.29 Å². The summed E-state index contributed by atoms with van der Waals surface area (Å²) < 4.78 is 26.2. The normalized spacial score (nSPS) is 21.6. The Labute approximate surface area is 105 Å². The van der Waals surface area contributed by atoms with Crippen molar-refractivity contribution in [1.29, 1.82) is 0 Å². The fourth-order valence-corrected chi connectivity index (χ4v) is 4.50. The van der Waals surface area contributed by atoms with Crippen LogP contribution in [0.15, 0.2) is 10.4 Å². The maximum absolute atomic E-state index is 12.2. The maximum Gasteiger partial charge on any atom is 0.254 e. The van der Waals surface area contributed by atoms with Crippen LogP contribution in [-0.2, 0) is 10.0 Å². The van der Waals surface area contributed by atoms with E-state index in [-0.39, 0.29) is 4.21 Å². The van der Waals surface area contributed by atoms with Crippen LogP contribution in [0.3, 0.4) is 0 Å². The first-order valence-electron chi connectivity index (χ1n) is 5.46. The summed E-state index contributed by atoms with van der Waals surface area (Å²) in [6, 6.07) is 0. The third-order valence-corrected chi connectivity index (χ3v) is 6.24. The van der Waals surface area contributed by atoms with Gasteiger partial charge in [-0.05, 0) is 26.7 Å². The van der Waals surface area contributed by atoms with Crippen molar-refractivity contribution < 1.29 is 13.5 Å². The average molecular weight is 276 g/mol. The second-order valence-electron chi connectivity index (χ2n) is 4.60. The number of piperidine rings is 1. The van der Waals surface area contributed by atoms with Gasteiger partial charge in [0.25, 0.3) is 10.0 Å². The molecule has 0 amide bonds. The van der Waals surface area contributed by atoms with Gasteiger partial charge in [0.05, 0.1) is 16.8 Å². The Bertz CT molecular complexity index is 497. The Morgan fingerprint density at radius 1 is 1.47 bits per heavy atom. The Hall–Kier alpha value is -0.500. The molecule has 2 heterocycles. The molecule has 17 heavy (non-hydrogen) atoms. The summed E-state index contributed by atoms with van der Waals surface area (Å²) >= 11 is 1.18. The maximum atomic E-state index is 12.2. The van der Waals surface area contributed by atoms with E-state index in [4.69, 9.17) is 0 Å². The van der Waals surface area contributed by atoms with Crippen molar-refractivity contribution in [2.24, 2.45) is 0 Å². The molecule has 1 aromatic rings. The number of thiazole rings is 1.